The lowest BCUT2D eigenvalue weighted by Gasteiger charge is -2.18. The van der Waals surface area contributed by atoms with Gasteiger partial charge in [-0.15, -0.1) is 0 Å². The van der Waals surface area contributed by atoms with Gasteiger partial charge in [0.1, 0.15) is 11.6 Å². The Morgan fingerprint density at radius 1 is 1.50 bits per heavy atom. The number of benzene rings is 1. The zero-order valence-corrected chi connectivity index (χ0v) is 12.3. The van der Waals surface area contributed by atoms with Crippen molar-refractivity contribution in [1.29, 1.82) is 0 Å². The smallest absolute Gasteiger partial charge is 0.227 e. The Bertz CT molecular complexity index is 580. The van der Waals surface area contributed by atoms with Crippen molar-refractivity contribution < 1.29 is 18.4 Å². The summed E-state index contributed by atoms with van der Waals surface area (Å²) in [7, 11) is 0. The van der Waals surface area contributed by atoms with E-state index in [1.54, 1.807) is 0 Å². The van der Waals surface area contributed by atoms with Crippen LogP contribution in [0.1, 0.15) is 13.3 Å². The summed E-state index contributed by atoms with van der Waals surface area (Å²) < 4.78 is 26.7. The van der Waals surface area contributed by atoms with Crippen molar-refractivity contribution in [2.75, 3.05) is 24.5 Å². The van der Waals surface area contributed by atoms with Crippen LogP contribution in [-0.4, -0.2) is 31.4 Å². The quantitative estimate of drug-likeness (QED) is 0.853. The maximum atomic E-state index is 13.8. The Hall–Kier alpha value is -2.02. The fourth-order valence-electron chi connectivity index (χ4n) is 2.32. The van der Waals surface area contributed by atoms with E-state index in [9.17, 15) is 18.4 Å². The van der Waals surface area contributed by atoms with Crippen LogP contribution in [0.5, 0.6) is 0 Å². The number of hydrogen-bond donors (Lipinski definition) is 2. The lowest BCUT2D eigenvalue weighted by molar-refractivity contribution is -0.126. The van der Waals surface area contributed by atoms with Gasteiger partial charge < -0.3 is 16.0 Å². The first kappa shape index (κ1) is 16.4. The predicted octanol–water partition coefficient (Wildman–Crippen LogP) is 1.03. The molecule has 7 heteroatoms. The summed E-state index contributed by atoms with van der Waals surface area (Å²) in [6, 6.07) is 3.01. The number of carbonyl (C=O) groups is 2. The van der Waals surface area contributed by atoms with Crippen molar-refractivity contribution in [3.05, 3.63) is 29.8 Å². The highest BCUT2D eigenvalue weighted by molar-refractivity contribution is 6.00. The average Bonchev–Trinajstić information content (AvgIpc) is 2.86. The van der Waals surface area contributed by atoms with Crippen LogP contribution in [0, 0.1) is 23.5 Å². The second-order valence-corrected chi connectivity index (χ2v) is 5.59. The highest BCUT2D eigenvalue weighted by Gasteiger charge is 2.36. The zero-order valence-electron chi connectivity index (χ0n) is 12.3. The number of halogens is 2. The number of nitrogens with one attached hydrogen (secondary N) is 1. The van der Waals surface area contributed by atoms with Crippen LogP contribution >= 0.6 is 0 Å². The van der Waals surface area contributed by atoms with E-state index in [1.165, 1.54) is 11.0 Å². The van der Waals surface area contributed by atoms with Gasteiger partial charge in [-0.05, 0) is 24.6 Å². The molecule has 1 aliphatic rings. The second kappa shape index (κ2) is 6.83. The van der Waals surface area contributed by atoms with Gasteiger partial charge in [-0.1, -0.05) is 6.92 Å². The molecule has 2 atom stereocenters. The van der Waals surface area contributed by atoms with E-state index in [1.807, 2.05) is 6.92 Å². The van der Waals surface area contributed by atoms with Crippen molar-refractivity contribution >= 4 is 17.5 Å². The normalized spacial score (nSPS) is 19.4. The molecule has 0 bridgehead atoms. The first-order valence-corrected chi connectivity index (χ1v) is 7.15. The molecule has 1 aromatic rings. The van der Waals surface area contributed by atoms with Crippen LogP contribution in [0.2, 0.25) is 0 Å². The standard InChI is InChI=1S/C15H19F2N3O2/c1-9(6-18)7-19-15(22)10-4-14(21)20(8-10)13-3-2-11(16)5-12(13)17/h2-3,5,9-10H,4,6-8,18H2,1H3,(H,19,22). The second-order valence-electron chi connectivity index (χ2n) is 5.59. The van der Waals surface area contributed by atoms with Crippen LogP contribution in [0.3, 0.4) is 0 Å². The fourth-order valence-corrected chi connectivity index (χ4v) is 2.32. The van der Waals surface area contributed by atoms with E-state index < -0.39 is 17.6 Å². The van der Waals surface area contributed by atoms with Crippen LogP contribution in [0.15, 0.2) is 18.2 Å². The maximum Gasteiger partial charge on any atom is 0.227 e. The predicted molar refractivity (Wildman–Crippen MR) is 78.0 cm³/mol. The molecule has 2 unspecified atom stereocenters. The molecule has 2 rings (SSSR count). The van der Waals surface area contributed by atoms with E-state index in [0.29, 0.717) is 13.1 Å². The van der Waals surface area contributed by atoms with Gasteiger partial charge in [0.05, 0.1) is 11.6 Å². The molecule has 0 aromatic heterocycles. The van der Waals surface area contributed by atoms with E-state index in [2.05, 4.69) is 5.32 Å². The van der Waals surface area contributed by atoms with Gasteiger partial charge >= 0.3 is 0 Å². The molecule has 0 saturated carbocycles. The van der Waals surface area contributed by atoms with Gasteiger partial charge in [-0.25, -0.2) is 8.78 Å². The van der Waals surface area contributed by atoms with E-state index in [4.69, 9.17) is 5.73 Å². The van der Waals surface area contributed by atoms with Crippen LogP contribution in [0.4, 0.5) is 14.5 Å². The summed E-state index contributed by atoms with van der Waals surface area (Å²) in [4.78, 5) is 25.2. The first-order chi connectivity index (χ1) is 10.4. The third-order valence-electron chi connectivity index (χ3n) is 3.72. The van der Waals surface area contributed by atoms with Gasteiger partial charge in [0.25, 0.3) is 0 Å². The third-order valence-corrected chi connectivity index (χ3v) is 3.72. The summed E-state index contributed by atoms with van der Waals surface area (Å²) in [6.07, 6.45) is 0.0135. The monoisotopic (exact) mass is 311 g/mol. The zero-order chi connectivity index (χ0) is 16.3. The largest absolute Gasteiger partial charge is 0.355 e. The Morgan fingerprint density at radius 3 is 2.86 bits per heavy atom. The molecule has 3 N–H and O–H groups in total. The van der Waals surface area contributed by atoms with Gasteiger partial charge in [0.2, 0.25) is 11.8 Å². The van der Waals surface area contributed by atoms with Crippen molar-refractivity contribution in [1.82, 2.24) is 5.32 Å². The van der Waals surface area contributed by atoms with Crippen LogP contribution < -0.4 is 16.0 Å². The third kappa shape index (κ3) is 3.59. The van der Waals surface area contributed by atoms with E-state index in [-0.39, 0.29) is 36.4 Å². The molecule has 1 heterocycles. The van der Waals surface area contributed by atoms with Gasteiger partial charge in [-0.3, -0.25) is 9.59 Å². The summed E-state index contributed by atoms with van der Waals surface area (Å²) >= 11 is 0. The Kier molecular flexibility index (Phi) is 5.07. The lowest BCUT2D eigenvalue weighted by atomic mass is 10.1. The molecule has 2 amide bonds. The molecule has 1 fully saturated rings. The molecule has 0 aliphatic carbocycles. The Balaban J connectivity index is 2.03. The van der Waals surface area contributed by atoms with Gasteiger partial charge in [0, 0.05) is 25.6 Å². The van der Waals surface area contributed by atoms with Crippen molar-refractivity contribution in [2.24, 2.45) is 17.6 Å². The summed E-state index contributed by atoms with van der Waals surface area (Å²) in [5.41, 5.74) is 5.47. The van der Waals surface area contributed by atoms with Crippen molar-refractivity contribution in [2.45, 2.75) is 13.3 Å². The van der Waals surface area contributed by atoms with Crippen LogP contribution in [0.25, 0.3) is 0 Å². The number of amides is 2. The number of hydrogen-bond acceptors (Lipinski definition) is 3. The average molecular weight is 311 g/mol. The molecule has 22 heavy (non-hydrogen) atoms. The molecule has 120 valence electrons. The van der Waals surface area contributed by atoms with Gasteiger partial charge in [0.15, 0.2) is 0 Å². The maximum absolute atomic E-state index is 13.8. The van der Waals surface area contributed by atoms with E-state index in [0.717, 1.165) is 12.1 Å². The SMILES string of the molecule is CC(CN)CNC(=O)C1CC(=O)N(c2ccc(F)cc2F)C1. The molecule has 0 radical (unpaired) electrons. The molecule has 1 aromatic carbocycles. The van der Waals surface area contributed by atoms with Crippen LogP contribution in [-0.2, 0) is 9.59 Å². The number of rotatable bonds is 5. The Labute approximate surface area is 127 Å². The highest BCUT2D eigenvalue weighted by atomic mass is 19.1. The molecule has 1 saturated heterocycles. The lowest BCUT2D eigenvalue weighted by Crippen LogP contribution is -2.36. The molecular weight excluding hydrogens is 292 g/mol. The highest BCUT2D eigenvalue weighted by Crippen LogP contribution is 2.27. The number of carbonyl (C=O) groups excluding carboxylic acids is 2. The summed E-state index contributed by atoms with van der Waals surface area (Å²) in [5, 5.41) is 2.74. The minimum atomic E-state index is -0.814. The van der Waals surface area contributed by atoms with E-state index >= 15 is 0 Å². The summed E-state index contributed by atoms with van der Waals surface area (Å²) in [6.45, 7) is 2.88. The number of nitrogens with zero attached hydrogens (tertiary/aromatic N) is 1. The first-order valence-electron chi connectivity index (χ1n) is 7.15. The molecule has 0 spiro atoms. The fraction of sp³-hybridized carbons (Fsp3) is 0.467. The minimum Gasteiger partial charge on any atom is -0.355 e. The summed E-state index contributed by atoms with van der Waals surface area (Å²) in [5.74, 6) is -2.52. The topological polar surface area (TPSA) is 75.4 Å². The van der Waals surface area contributed by atoms with Crippen molar-refractivity contribution in [3.8, 4) is 0 Å². The minimum absolute atomic E-state index is 0.00275. The van der Waals surface area contributed by atoms with Crippen molar-refractivity contribution in [3.63, 3.8) is 0 Å². The Morgan fingerprint density at radius 2 is 2.23 bits per heavy atom. The molecule has 5 nitrogen and oxygen atoms in total. The molecular formula is C15H19F2N3O2. The number of nitrogens with two attached hydrogens (primary N) is 1. The molecule has 1 aliphatic heterocycles. The number of anilines is 1. The van der Waals surface area contributed by atoms with Gasteiger partial charge in [-0.2, -0.15) is 0 Å².